The fraction of sp³-hybridized carbons (Fsp3) is 0.483. The van der Waals surface area contributed by atoms with Gasteiger partial charge in [-0.2, -0.15) is 4.31 Å². The van der Waals surface area contributed by atoms with E-state index in [-0.39, 0.29) is 28.7 Å². The smallest absolute Gasteiger partial charge is 0.243 e. The summed E-state index contributed by atoms with van der Waals surface area (Å²) in [5, 5.41) is 0.0162. The lowest BCUT2D eigenvalue weighted by Crippen LogP contribution is -2.47. The second-order valence-corrected chi connectivity index (χ2v) is 18.5. The maximum atomic E-state index is 13.8. The molecule has 2 aliphatic rings. The van der Waals surface area contributed by atoms with E-state index in [1.165, 1.54) is 0 Å². The molecule has 0 saturated carbocycles. The van der Waals surface area contributed by atoms with Crippen LogP contribution in [0.3, 0.4) is 0 Å². The minimum atomic E-state index is -3.71. The molecule has 1 aliphatic carbocycles. The van der Waals surface area contributed by atoms with E-state index in [1.54, 1.807) is 16.4 Å². The summed E-state index contributed by atoms with van der Waals surface area (Å²) in [5.41, 5.74) is 3.84. The Labute approximate surface area is 217 Å². The third kappa shape index (κ3) is 4.91. The van der Waals surface area contributed by atoms with Crippen molar-refractivity contribution in [2.75, 3.05) is 13.2 Å². The minimum Gasteiger partial charge on any atom is -0.415 e. The van der Waals surface area contributed by atoms with Crippen LogP contribution >= 0.6 is 0 Å². The summed E-state index contributed by atoms with van der Waals surface area (Å²) in [6.45, 7) is 15.6. The Kier molecular flexibility index (Phi) is 7.25. The quantitative estimate of drug-likeness (QED) is 0.244. The summed E-state index contributed by atoms with van der Waals surface area (Å²) in [7, 11) is -5.82. The van der Waals surface area contributed by atoms with Gasteiger partial charge in [-0.15, -0.1) is 0 Å². The van der Waals surface area contributed by atoms with Gasteiger partial charge < -0.3 is 4.43 Å². The van der Waals surface area contributed by atoms with Gasteiger partial charge in [0.05, 0.1) is 17.5 Å². The van der Waals surface area contributed by atoms with E-state index in [1.807, 2.05) is 56.3 Å². The number of carbonyl (C=O) groups excluding carboxylic acids is 1. The van der Waals surface area contributed by atoms with Crippen molar-refractivity contribution in [3.05, 3.63) is 76.9 Å². The van der Waals surface area contributed by atoms with Crippen molar-refractivity contribution in [3.63, 3.8) is 0 Å². The summed E-state index contributed by atoms with van der Waals surface area (Å²) in [6.07, 6.45) is 0.625. The Hall–Kier alpha value is -2.06. The predicted octanol–water partition coefficient (Wildman–Crippen LogP) is 6.23. The van der Waals surface area contributed by atoms with Crippen molar-refractivity contribution in [1.29, 1.82) is 0 Å². The number of carbonyl (C=O) groups is 1. The van der Waals surface area contributed by atoms with E-state index in [0.29, 0.717) is 30.0 Å². The van der Waals surface area contributed by atoms with Crippen LogP contribution in [-0.4, -0.2) is 46.0 Å². The summed E-state index contributed by atoms with van der Waals surface area (Å²) in [4.78, 5) is 13.7. The third-order valence-electron chi connectivity index (χ3n) is 8.55. The van der Waals surface area contributed by atoms with Gasteiger partial charge in [0.2, 0.25) is 10.0 Å². The van der Waals surface area contributed by atoms with E-state index in [2.05, 4.69) is 33.9 Å². The van der Waals surface area contributed by atoms with Crippen LogP contribution in [-0.2, 0) is 14.4 Å². The molecule has 1 saturated heterocycles. The predicted molar refractivity (Wildman–Crippen MR) is 147 cm³/mol. The molecule has 36 heavy (non-hydrogen) atoms. The van der Waals surface area contributed by atoms with Gasteiger partial charge >= 0.3 is 0 Å². The van der Waals surface area contributed by atoms with Gasteiger partial charge in [-0.25, -0.2) is 8.42 Å². The van der Waals surface area contributed by atoms with Crippen LogP contribution in [0.4, 0.5) is 0 Å². The third-order valence-corrected chi connectivity index (χ3v) is 14.9. The lowest BCUT2D eigenvalue weighted by molar-refractivity contribution is 0.0926. The van der Waals surface area contributed by atoms with Crippen molar-refractivity contribution in [3.8, 4) is 0 Å². The molecular weight excluding hydrogens is 486 g/mol. The molecule has 2 aromatic rings. The van der Waals surface area contributed by atoms with Gasteiger partial charge in [0, 0.05) is 23.9 Å². The molecule has 0 spiro atoms. The Morgan fingerprint density at radius 3 is 2.22 bits per heavy atom. The topological polar surface area (TPSA) is 63.7 Å². The first-order chi connectivity index (χ1) is 16.7. The number of aryl methyl sites for hydroxylation is 1. The van der Waals surface area contributed by atoms with E-state index < -0.39 is 18.3 Å². The SMILES string of the molecule is CC1=C2CN(S(=O)(=O)c3ccc(C)cc3)[C@H](CO[Si](C)(C)C(C)(C)C)[C@H]2CC1C(=O)c1ccccc1. The lowest BCUT2D eigenvalue weighted by Gasteiger charge is -2.38. The van der Waals surface area contributed by atoms with Crippen molar-refractivity contribution >= 4 is 24.1 Å². The summed E-state index contributed by atoms with van der Waals surface area (Å²) in [5.74, 6) is -0.119. The molecular formula is C29H39NO4SSi. The molecule has 0 radical (unpaired) electrons. The van der Waals surface area contributed by atoms with E-state index in [9.17, 15) is 13.2 Å². The number of ketones is 1. The van der Waals surface area contributed by atoms with E-state index in [0.717, 1.165) is 16.7 Å². The number of nitrogens with zero attached hydrogens (tertiary/aromatic N) is 1. The zero-order valence-electron chi connectivity index (χ0n) is 22.5. The van der Waals surface area contributed by atoms with E-state index >= 15 is 0 Å². The summed E-state index contributed by atoms with van der Waals surface area (Å²) >= 11 is 0. The Morgan fingerprint density at radius 1 is 1.03 bits per heavy atom. The Balaban J connectivity index is 1.69. The number of allylic oxidation sites excluding steroid dienone is 1. The number of fused-ring (bicyclic) bond motifs is 1. The number of benzene rings is 2. The molecule has 1 heterocycles. The number of rotatable bonds is 7. The van der Waals surface area contributed by atoms with Gasteiger partial charge in [0.1, 0.15) is 0 Å². The molecule has 1 fully saturated rings. The standard InChI is InChI=1S/C29H39NO4SSi/c1-20-13-15-23(16-14-20)35(32,33)30-18-26-21(2)24(28(31)22-11-9-8-10-12-22)17-25(26)27(30)19-34-36(6,7)29(3,4)5/h8-16,24-25,27H,17-19H2,1-7H3/t24?,25-,27+/m0/s1. The molecule has 1 unspecified atom stereocenters. The highest BCUT2D eigenvalue weighted by Crippen LogP contribution is 2.48. The second-order valence-electron chi connectivity index (χ2n) is 11.8. The molecule has 194 valence electrons. The maximum Gasteiger partial charge on any atom is 0.243 e. The molecule has 0 amide bonds. The minimum absolute atomic E-state index is 0.0162. The highest BCUT2D eigenvalue weighted by molar-refractivity contribution is 7.89. The van der Waals surface area contributed by atoms with Gasteiger partial charge in [-0.05, 0) is 50.5 Å². The fourth-order valence-corrected chi connectivity index (χ4v) is 7.78. The van der Waals surface area contributed by atoms with Gasteiger partial charge in [-0.1, -0.05) is 79.9 Å². The highest BCUT2D eigenvalue weighted by Gasteiger charge is 2.51. The van der Waals surface area contributed by atoms with Crippen molar-refractivity contribution in [2.45, 2.75) is 70.1 Å². The van der Waals surface area contributed by atoms with Gasteiger partial charge in [0.25, 0.3) is 0 Å². The number of hydrogen-bond acceptors (Lipinski definition) is 4. The lowest BCUT2D eigenvalue weighted by atomic mass is 9.89. The van der Waals surface area contributed by atoms with Crippen LogP contribution in [0.25, 0.3) is 0 Å². The number of Topliss-reactive ketones (excluding diaryl/α,β-unsaturated/α-hetero) is 1. The first-order valence-electron chi connectivity index (χ1n) is 12.8. The molecule has 4 rings (SSSR count). The monoisotopic (exact) mass is 525 g/mol. The molecule has 0 aromatic heterocycles. The van der Waals surface area contributed by atoms with Crippen LogP contribution in [0.15, 0.2) is 70.6 Å². The average molecular weight is 526 g/mol. The largest absolute Gasteiger partial charge is 0.415 e. The first-order valence-corrected chi connectivity index (χ1v) is 17.1. The first kappa shape index (κ1) is 27.0. The molecule has 7 heteroatoms. The number of sulfonamides is 1. The van der Waals surface area contributed by atoms with Gasteiger partial charge in [0.15, 0.2) is 14.1 Å². The Morgan fingerprint density at radius 2 is 1.64 bits per heavy atom. The molecule has 0 bridgehead atoms. The normalized spacial score (nSPS) is 23.2. The maximum absolute atomic E-state index is 13.8. The van der Waals surface area contributed by atoms with Crippen LogP contribution in [0.2, 0.25) is 18.1 Å². The summed E-state index contributed by atoms with van der Waals surface area (Å²) in [6, 6.07) is 16.1. The number of hydrogen-bond donors (Lipinski definition) is 0. The van der Waals surface area contributed by atoms with Gasteiger partial charge in [-0.3, -0.25) is 4.79 Å². The van der Waals surface area contributed by atoms with Crippen molar-refractivity contribution < 1.29 is 17.6 Å². The highest BCUT2D eigenvalue weighted by atomic mass is 32.2. The molecule has 5 nitrogen and oxygen atoms in total. The average Bonchev–Trinajstić information content (AvgIpc) is 3.34. The Bertz CT molecular complexity index is 1260. The van der Waals surface area contributed by atoms with Crippen LogP contribution < -0.4 is 0 Å². The van der Waals surface area contributed by atoms with Crippen LogP contribution in [0.1, 0.15) is 50.0 Å². The van der Waals surface area contributed by atoms with Crippen molar-refractivity contribution in [2.24, 2.45) is 11.8 Å². The van der Waals surface area contributed by atoms with Crippen LogP contribution in [0, 0.1) is 18.8 Å². The summed E-state index contributed by atoms with van der Waals surface area (Å²) < 4.78 is 35.9. The molecule has 0 N–H and O–H groups in total. The zero-order valence-corrected chi connectivity index (χ0v) is 24.4. The molecule has 2 aromatic carbocycles. The zero-order chi connectivity index (χ0) is 26.5. The molecule has 3 atom stereocenters. The molecule has 1 aliphatic heterocycles. The second kappa shape index (κ2) is 9.67. The van der Waals surface area contributed by atoms with Crippen LogP contribution in [0.5, 0.6) is 0 Å². The fourth-order valence-electron chi connectivity index (χ4n) is 5.13. The van der Waals surface area contributed by atoms with Crippen molar-refractivity contribution in [1.82, 2.24) is 4.31 Å². The van der Waals surface area contributed by atoms with E-state index in [4.69, 9.17) is 4.43 Å².